The second-order valence-corrected chi connectivity index (χ2v) is 34.2. The van der Waals surface area contributed by atoms with E-state index in [1.54, 1.807) is 37.8 Å². The number of phenolic OH excluding ortho intramolecular Hbond substituents is 4. The van der Waals surface area contributed by atoms with Crippen LogP contribution < -0.4 is 43.9 Å². The Hall–Kier alpha value is -14.4. The van der Waals surface area contributed by atoms with Crippen LogP contribution >= 0.6 is 46.4 Å². The van der Waals surface area contributed by atoms with Gasteiger partial charge >= 0.3 is 0 Å². The van der Waals surface area contributed by atoms with Gasteiger partial charge in [-0.3, -0.25) is 24.0 Å². The predicted molar refractivity (Wildman–Crippen MR) is 508 cm³/mol. The number of amides is 4. The number of Topliss-reactive ketones (excluding diaryl/α,β-unsaturated/α-hetero) is 1. The number of fused-ring (bicyclic) bond motifs is 8. The molecule has 0 radical (unpaired) electrons. The molecule has 26 nitrogen and oxygen atoms in total. The Balaban J connectivity index is 0.000000127. The monoisotopic (exact) mass is 1950 g/mol. The highest BCUT2D eigenvalue weighted by Gasteiger charge is 2.39. The maximum atomic E-state index is 16.0. The molecule has 38 heteroatoms. The summed E-state index contributed by atoms with van der Waals surface area (Å²) in [5, 5.41) is 45.3. The number of hydrogen-bond donors (Lipinski definition) is 5. The quantitative estimate of drug-likeness (QED) is 0.0561. The molecule has 0 unspecified atom stereocenters. The van der Waals surface area contributed by atoms with Crippen LogP contribution in [-0.4, -0.2) is 227 Å². The van der Waals surface area contributed by atoms with Gasteiger partial charge in [0, 0.05) is 160 Å². The number of carbonyl (C=O) groups excluding carboxylic acids is 5. The minimum atomic E-state index is -0.899. The van der Waals surface area contributed by atoms with Crippen LogP contribution in [0.15, 0.2) is 154 Å². The smallest absolute Gasteiger partial charge is 0.260 e. The second-order valence-electron chi connectivity index (χ2n) is 32.5. The molecule has 5 N–H and O–H groups in total. The molecule has 4 saturated heterocycles. The van der Waals surface area contributed by atoms with Crippen molar-refractivity contribution >= 4 is 154 Å². The first-order chi connectivity index (χ1) is 66.0. The van der Waals surface area contributed by atoms with Gasteiger partial charge in [-0.2, -0.15) is 0 Å². The van der Waals surface area contributed by atoms with E-state index in [2.05, 4.69) is 56.5 Å². The summed E-state index contributed by atoms with van der Waals surface area (Å²) in [6.07, 6.45) is 10.1. The van der Waals surface area contributed by atoms with Crippen molar-refractivity contribution in [1.29, 1.82) is 0 Å². The fourth-order valence-corrected chi connectivity index (χ4v) is 19.4. The Morgan fingerprint density at radius 2 is 0.708 bits per heavy atom. The van der Waals surface area contributed by atoms with Gasteiger partial charge in [0.15, 0.2) is 40.6 Å². The van der Waals surface area contributed by atoms with E-state index in [0.29, 0.717) is 211 Å². The molecule has 12 aromatic rings. The molecule has 8 aliphatic rings. The first-order valence-corrected chi connectivity index (χ1v) is 45.0. The molecule has 1 aliphatic carbocycles. The number of phenols is 4. The van der Waals surface area contributed by atoms with E-state index in [4.69, 9.17) is 65.4 Å². The van der Waals surface area contributed by atoms with Crippen molar-refractivity contribution in [1.82, 2.24) is 39.5 Å². The van der Waals surface area contributed by atoms with Crippen LogP contribution in [0.4, 0.5) is 63.7 Å². The standard InChI is InChI=1S/C26H20ClF2N3O3.C25H22ClF2N3O3.C24H21ClF2N4O3.C24H20ClF2N3O4/c1-2-20(35)31-9-11-32(12-10-31)26-14-13-15(27)21(22-16(28)5-3-7-18(22)33)24(29)25(14)30-17-6-4-8-19(34)23(17)26;1-2-19(33)30-8-10-31(11-9-30)24-14-5-4-12-34-25(14)29-23-15(24)13-16(26)20(22(23)28)21-17(27)6-3-7-18(21)32;1-2-17(33)30-7-9-31(10-8-30)22-13-12-14(25)18(19-15(26)4-3-5-16(19)32)20(27)21(13)29-24-23(22)34-11-6-28-24;1-2-17(32)29-6-8-30(9-7-29)22-13-12-14(25)18(19-15(26)4-3-5-16(19)31)20(27)21(13)28-24-23(22)33-10-11-34-24/h2-7,13,33H,1,8-12H2;2-3,6-7,13,32H,1,4-5,8-12H2;2-5,12,32H,1,6-11H2,(H,28,29);2-5,12,31H,1,6-11H2. The summed E-state index contributed by atoms with van der Waals surface area (Å²) in [6, 6.07) is 20.8. The number of pyridine rings is 4. The number of anilines is 5. The zero-order valence-electron chi connectivity index (χ0n) is 72.9. The van der Waals surface area contributed by atoms with E-state index in [1.165, 1.54) is 91.0 Å². The van der Waals surface area contributed by atoms with Gasteiger partial charge < -0.3 is 83.9 Å². The highest BCUT2D eigenvalue weighted by Crippen LogP contribution is 2.54. The predicted octanol–water partition coefficient (Wildman–Crippen LogP) is 18.0. The summed E-state index contributed by atoms with van der Waals surface area (Å²) >= 11 is 25.9. The average Bonchev–Trinajstić information content (AvgIpc) is 0.747. The van der Waals surface area contributed by atoms with E-state index in [1.807, 2.05) is 14.7 Å². The van der Waals surface area contributed by atoms with Gasteiger partial charge in [-0.25, -0.2) is 55.1 Å². The van der Waals surface area contributed by atoms with Crippen LogP contribution in [0.3, 0.4) is 0 Å². The van der Waals surface area contributed by atoms with E-state index < -0.39 is 69.5 Å². The number of ether oxygens (including phenoxy) is 4. The molecular formula is C99H83Cl4F8N13O13. The maximum absolute atomic E-state index is 16.0. The van der Waals surface area contributed by atoms with Crippen molar-refractivity contribution < 1.29 is 98.5 Å². The molecule has 4 aromatic heterocycles. The second kappa shape index (κ2) is 39.5. The SMILES string of the molecule is C=CC(=O)N1CCN(c2c3c(nc4c(F)c(-c5c(O)cccc5F)c(Cl)cc24)C=CCC3=O)CC1.C=CC(=O)N1CCN(c2c3c(nc4c(F)c(-c5c(O)cccc5F)c(Cl)cc24)NCCO3)CC1.C=CC(=O)N1CCN(c2c3c(nc4c(F)c(-c5c(O)cccc5F)c(Cl)cc24)OCCC3)CC1.C=CC(=O)N1CCN(c2c3c(nc4c(F)c(-c5c(O)cccc5F)c(Cl)cc24)OCCO3)CC1. The minimum absolute atomic E-state index is 0.0118. The van der Waals surface area contributed by atoms with Crippen molar-refractivity contribution in [3.8, 4) is 90.8 Å². The Kier molecular flexibility index (Phi) is 27.2. The van der Waals surface area contributed by atoms with Crippen molar-refractivity contribution in [2.75, 3.05) is 163 Å². The van der Waals surface area contributed by atoms with Crippen LogP contribution in [0.5, 0.6) is 46.3 Å². The van der Waals surface area contributed by atoms with E-state index in [-0.39, 0.29) is 135 Å². The molecular weight excluding hydrogens is 1870 g/mol. The highest BCUT2D eigenvalue weighted by atomic mass is 35.5. The average molecular weight is 1960 g/mol. The number of benzene rings is 8. The lowest BCUT2D eigenvalue weighted by Crippen LogP contribution is -2.48. The number of nitrogens with zero attached hydrogens (tertiary/aromatic N) is 12. The number of halogens is 12. The van der Waals surface area contributed by atoms with Crippen molar-refractivity contribution in [2.24, 2.45) is 0 Å². The molecule has 8 aromatic carbocycles. The lowest BCUT2D eigenvalue weighted by Gasteiger charge is -2.38. The molecule has 4 amide bonds. The first-order valence-electron chi connectivity index (χ1n) is 43.5. The number of hydrogen-bond acceptors (Lipinski definition) is 22. The molecule has 20 rings (SSSR count). The Morgan fingerprint density at radius 1 is 0.380 bits per heavy atom. The summed E-state index contributed by atoms with van der Waals surface area (Å²) in [6.45, 7) is 23.2. The molecule has 0 saturated carbocycles. The number of carbonyl (C=O) groups is 5. The Morgan fingerprint density at radius 3 is 1.10 bits per heavy atom. The number of allylic oxidation sites excluding steroid dienone is 1. The van der Waals surface area contributed by atoms with Crippen molar-refractivity contribution in [2.45, 2.75) is 19.3 Å². The van der Waals surface area contributed by atoms with Crippen LogP contribution in [0.2, 0.25) is 20.1 Å². The van der Waals surface area contributed by atoms with Gasteiger partial charge in [0.05, 0.1) is 89.5 Å². The lowest BCUT2D eigenvalue weighted by atomic mass is 9.93. The van der Waals surface area contributed by atoms with Gasteiger partial charge in [0.25, 0.3) is 5.88 Å². The fraction of sp³-hybridized carbons (Fsp3) is 0.242. The van der Waals surface area contributed by atoms with Gasteiger partial charge in [0.2, 0.25) is 35.3 Å². The molecule has 0 bridgehead atoms. The number of nitrogens with one attached hydrogen (secondary N) is 1. The molecule has 137 heavy (non-hydrogen) atoms. The summed E-state index contributed by atoms with van der Waals surface area (Å²) < 4.78 is 145. The zero-order valence-corrected chi connectivity index (χ0v) is 75.9. The van der Waals surface area contributed by atoms with Crippen LogP contribution in [0.25, 0.3) is 94.2 Å². The topological polar surface area (TPSA) is 293 Å². The van der Waals surface area contributed by atoms with E-state index in [9.17, 15) is 62.0 Å². The van der Waals surface area contributed by atoms with Gasteiger partial charge in [0.1, 0.15) is 88.2 Å². The van der Waals surface area contributed by atoms with E-state index in [0.717, 1.165) is 41.9 Å². The molecule has 11 heterocycles. The van der Waals surface area contributed by atoms with Gasteiger partial charge in [-0.1, -0.05) is 103 Å². The van der Waals surface area contributed by atoms with Crippen LogP contribution in [0, 0.1) is 46.5 Å². The van der Waals surface area contributed by atoms with Gasteiger partial charge in [-0.15, -0.1) is 0 Å². The lowest BCUT2D eigenvalue weighted by molar-refractivity contribution is -0.127. The molecule has 0 atom stereocenters. The normalized spacial score (nSPS) is 15.5. The van der Waals surface area contributed by atoms with Gasteiger partial charge in [-0.05, 0) is 116 Å². The maximum Gasteiger partial charge on any atom is 0.260 e. The molecule has 7 aliphatic heterocycles. The number of aromatic hydroxyl groups is 4. The van der Waals surface area contributed by atoms with Crippen LogP contribution in [-0.2, 0) is 25.6 Å². The number of piperazine rings is 4. The zero-order chi connectivity index (χ0) is 96.8. The van der Waals surface area contributed by atoms with Crippen molar-refractivity contribution in [3.63, 3.8) is 0 Å². The third kappa shape index (κ3) is 17.8. The van der Waals surface area contributed by atoms with Crippen LogP contribution in [0.1, 0.15) is 34.5 Å². The summed E-state index contributed by atoms with van der Waals surface area (Å²) in [4.78, 5) is 93.3. The Bertz CT molecular complexity index is 6510. The molecule has 0 spiro atoms. The first kappa shape index (κ1) is 94.4. The third-order valence-electron chi connectivity index (χ3n) is 24.7. The number of ketones is 1. The third-order valence-corrected chi connectivity index (χ3v) is 25.9. The number of rotatable bonds is 12. The fourth-order valence-electron chi connectivity index (χ4n) is 18.3. The number of aromatic nitrogens is 4. The summed E-state index contributed by atoms with van der Waals surface area (Å²) in [5.74, 6) is -7.61. The van der Waals surface area contributed by atoms with E-state index >= 15 is 17.6 Å². The van der Waals surface area contributed by atoms with Crippen molar-refractivity contribution in [3.05, 3.63) is 237 Å². The Labute approximate surface area is 797 Å². The molecule has 706 valence electrons. The minimum Gasteiger partial charge on any atom is -0.507 e. The summed E-state index contributed by atoms with van der Waals surface area (Å²) in [5.41, 5.74) is 1.23. The summed E-state index contributed by atoms with van der Waals surface area (Å²) in [7, 11) is 0. The largest absolute Gasteiger partial charge is 0.507 e. The highest BCUT2D eigenvalue weighted by molar-refractivity contribution is 6.37. The molecule has 4 fully saturated rings.